The average Bonchev–Trinajstić information content (AvgIpc) is 3.13. The van der Waals surface area contributed by atoms with Crippen LogP contribution < -0.4 is 14.9 Å². The fourth-order valence-electron chi connectivity index (χ4n) is 3.76. The molecule has 178 valence electrons. The Labute approximate surface area is 201 Å². The number of thiazole rings is 1. The van der Waals surface area contributed by atoms with E-state index in [1.807, 2.05) is 0 Å². The molecule has 1 aliphatic rings. The molecule has 2 heterocycles. The molecule has 3 aromatic rings. The molecule has 35 heavy (non-hydrogen) atoms. The number of carbonyl (C=O) groups is 1. The number of carbonyl (C=O) groups excluding carboxylic acids is 1. The fraction of sp³-hybridized carbons (Fsp3) is 0.174. The van der Waals surface area contributed by atoms with E-state index < -0.39 is 27.4 Å². The standard InChI is InChI=1S/C23H18N4O7S/c1-3-34-22(29)19-13(2)24-23-25(20(19)15-5-4-6-17(12-15)27(32)33)21(28)18(35-23)11-14-7-9-16(10-8-14)26(30)31/h4-12,20H,3H2,1-2H3. The first-order valence-electron chi connectivity index (χ1n) is 10.4. The van der Waals surface area contributed by atoms with Crippen molar-refractivity contribution >= 4 is 34.8 Å². The lowest BCUT2D eigenvalue weighted by Crippen LogP contribution is -2.39. The number of nitro groups is 2. The molecule has 1 aliphatic heterocycles. The second-order valence-corrected chi connectivity index (χ2v) is 8.51. The van der Waals surface area contributed by atoms with Gasteiger partial charge in [0.2, 0.25) is 0 Å². The summed E-state index contributed by atoms with van der Waals surface area (Å²) >= 11 is 1.08. The number of non-ortho nitro benzene ring substituents is 2. The van der Waals surface area contributed by atoms with Crippen LogP contribution in [0, 0.1) is 20.2 Å². The zero-order valence-corrected chi connectivity index (χ0v) is 19.4. The molecule has 0 saturated carbocycles. The van der Waals surface area contributed by atoms with Crippen molar-refractivity contribution in [1.29, 1.82) is 0 Å². The molecule has 2 aromatic carbocycles. The first kappa shape index (κ1) is 23.7. The number of aromatic nitrogens is 1. The third kappa shape index (κ3) is 4.51. The highest BCUT2D eigenvalue weighted by Crippen LogP contribution is 2.32. The van der Waals surface area contributed by atoms with E-state index >= 15 is 0 Å². The quantitative estimate of drug-likeness (QED) is 0.291. The highest BCUT2D eigenvalue weighted by molar-refractivity contribution is 7.07. The molecule has 0 N–H and O–H groups in total. The van der Waals surface area contributed by atoms with E-state index in [9.17, 15) is 29.8 Å². The molecule has 1 atom stereocenters. The average molecular weight is 494 g/mol. The van der Waals surface area contributed by atoms with Gasteiger partial charge in [-0.05, 0) is 43.2 Å². The number of hydrogen-bond donors (Lipinski definition) is 0. The SMILES string of the molecule is CCOC(=O)C1=C(C)N=c2sc(=Cc3ccc([N+](=O)[O-])cc3)c(=O)n2C1c1cccc([N+](=O)[O-])c1. The van der Waals surface area contributed by atoms with Gasteiger partial charge in [0.15, 0.2) is 4.80 Å². The molecular formula is C23H18N4O7S. The minimum atomic E-state index is -0.982. The van der Waals surface area contributed by atoms with Gasteiger partial charge in [0, 0.05) is 24.3 Å². The number of allylic oxidation sites excluding steroid dienone is 1. The summed E-state index contributed by atoms with van der Waals surface area (Å²) in [5, 5.41) is 22.3. The Hall–Kier alpha value is -4.45. The predicted octanol–water partition coefficient (Wildman–Crippen LogP) is 2.61. The largest absolute Gasteiger partial charge is 0.463 e. The van der Waals surface area contributed by atoms with Gasteiger partial charge in [-0.1, -0.05) is 23.5 Å². The molecule has 0 radical (unpaired) electrons. The smallest absolute Gasteiger partial charge is 0.338 e. The van der Waals surface area contributed by atoms with E-state index in [1.165, 1.54) is 47.0 Å². The van der Waals surface area contributed by atoms with Crippen molar-refractivity contribution in [3.8, 4) is 0 Å². The van der Waals surface area contributed by atoms with E-state index in [4.69, 9.17) is 4.74 Å². The van der Waals surface area contributed by atoms with Crippen molar-refractivity contribution in [1.82, 2.24) is 4.57 Å². The van der Waals surface area contributed by atoms with Crippen molar-refractivity contribution in [2.24, 2.45) is 4.99 Å². The number of esters is 1. The van der Waals surface area contributed by atoms with E-state index in [0.29, 0.717) is 21.6 Å². The molecule has 11 nitrogen and oxygen atoms in total. The first-order valence-corrected chi connectivity index (χ1v) is 11.2. The molecule has 12 heteroatoms. The number of fused-ring (bicyclic) bond motifs is 1. The monoisotopic (exact) mass is 494 g/mol. The number of benzene rings is 2. The summed E-state index contributed by atoms with van der Waals surface area (Å²) in [6, 6.07) is 10.4. The molecular weight excluding hydrogens is 476 g/mol. The number of rotatable bonds is 6. The molecule has 0 spiro atoms. The third-order valence-corrected chi connectivity index (χ3v) is 6.30. The molecule has 1 unspecified atom stereocenters. The van der Waals surface area contributed by atoms with Crippen LogP contribution in [0.25, 0.3) is 6.08 Å². The lowest BCUT2D eigenvalue weighted by Gasteiger charge is -2.24. The van der Waals surface area contributed by atoms with Gasteiger partial charge in [0.25, 0.3) is 16.9 Å². The maximum atomic E-state index is 13.5. The van der Waals surface area contributed by atoms with E-state index in [0.717, 1.165) is 11.3 Å². The second-order valence-electron chi connectivity index (χ2n) is 7.50. The Morgan fingerprint density at radius 3 is 2.46 bits per heavy atom. The number of nitro benzene ring substituents is 2. The first-order chi connectivity index (χ1) is 16.7. The summed E-state index contributed by atoms with van der Waals surface area (Å²) in [6.07, 6.45) is 1.57. The Balaban J connectivity index is 1.93. The Morgan fingerprint density at radius 1 is 1.14 bits per heavy atom. The number of ether oxygens (including phenoxy) is 1. The predicted molar refractivity (Wildman–Crippen MR) is 127 cm³/mol. The molecule has 1 aromatic heterocycles. The lowest BCUT2D eigenvalue weighted by molar-refractivity contribution is -0.385. The summed E-state index contributed by atoms with van der Waals surface area (Å²) in [4.78, 5) is 52.3. The lowest BCUT2D eigenvalue weighted by atomic mass is 9.95. The summed E-state index contributed by atoms with van der Waals surface area (Å²) in [5.74, 6) is -0.671. The van der Waals surface area contributed by atoms with Gasteiger partial charge in [0.1, 0.15) is 0 Å². The van der Waals surface area contributed by atoms with Gasteiger partial charge in [-0.15, -0.1) is 0 Å². The van der Waals surface area contributed by atoms with Gasteiger partial charge >= 0.3 is 5.97 Å². The third-order valence-electron chi connectivity index (χ3n) is 5.32. The van der Waals surface area contributed by atoms with Crippen LogP contribution in [-0.2, 0) is 9.53 Å². The van der Waals surface area contributed by atoms with Gasteiger partial charge in [-0.25, -0.2) is 9.79 Å². The Bertz CT molecular complexity index is 1570. The molecule has 0 bridgehead atoms. The summed E-state index contributed by atoms with van der Waals surface area (Å²) < 4.78 is 6.81. The van der Waals surface area contributed by atoms with E-state index in [1.54, 1.807) is 26.0 Å². The van der Waals surface area contributed by atoms with Crippen molar-refractivity contribution in [2.75, 3.05) is 6.61 Å². The summed E-state index contributed by atoms with van der Waals surface area (Å²) in [6.45, 7) is 3.36. The second kappa shape index (κ2) is 9.43. The Kier molecular flexibility index (Phi) is 6.38. The van der Waals surface area contributed by atoms with Crippen LogP contribution in [0.1, 0.15) is 31.0 Å². The van der Waals surface area contributed by atoms with Gasteiger partial charge in [0.05, 0.1) is 38.3 Å². The maximum absolute atomic E-state index is 13.5. The maximum Gasteiger partial charge on any atom is 0.338 e. The summed E-state index contributed by atoms with van der Waals surface area (Å²) in [7, 11) is 0. The van der Waals surface area contributed by atoms with Crippen LogP contribution in [0.4, 0.5) is 11.4 Å². The van der Waals surface area contributed by atoms with Gasteiger partial charge < -0.3 is 4.74 Å². The van der Waals surface area contributed by atoms with Crippen LogP contribution in [-0.4, -0.2) is 27.0 Å². The minimum absolute atomic E-state index is 0.0796. The number of hydrogen-bond acceptors (Lipinski definition) is 9. The van der Waals surface area contributed by atoms with Gasteiger partial charge in [-0.3, -0.25) is 29.6 Å². The van der Waals surface area contributed by atoms with E-state index in [2.05, 4.69) is 4.99 Å². The highest BCUT2D eigenvalue weighted by atomic mass is 32.1. The fourth-order valence-corrected chi connectivity index (χ4v) is 4.81. The molecule has 4 rings (SSSR count). The topological polar surface area (TPSA) is 147 Å². The molecule has 0 fully saturated rings. The molecule has 0 saturated heterocycles. The number of nitrogens with zero attached hydrogens (tertiary/aromatic N) is 4. The molecule has 0 amide bonds. The highest BCUT2D eigenvalue weighted by Gasteiger charge is 2.34. The van der Waals surface area contributed by atoms with Crippen LogP contribution in [0.15, 0.2) is 69.6 Å². The van der Waals surface area contributed by atoms with Gasteiger partial charge in [-0.2, -0.15) is 0 Å². The van der Waals surface area contributed by atoms with Crippen molar-refractivity contribution in [3.63, 3.8) is 0 Å². The van der Waals surface area contributed by atoms with Crippen molar-refractivity contribution in [3.05, 3.63) is 111 Å². The van der Waals surface area contributed by atoms with Crippen molar-refractivity contribution < 1.29 is 19.4 Å². The summed E-state index contributed by atoms with van der Waals surface area (Å²) in [5.41, 5.74) is 0.647. The van der Waals surface area contributed by atoms with Crippen LogP contribution in [0.3, 0.4) is 0 Å². The minimum Gasteiger partial charge on any atom is -0.463 e. The van der Waals surface area contributed by atoms with Crippen molar-refractivity contribution in [2.45, 2.75) is 19.9 Å². The molecule has 0 aliphatic carbocycles. The van der Waals surface area contributed by atoms with Crippen LogP contribution >= 0.6 is 11.3 Å². The van der Waals surface area contributed by atoms with Crippen LogP contribution in [0.5, 0.6) is 0 Å². The zero-order chi connectivity index (χ0) is 25.3. The zero-order valence-electron chi connectivity index (χ0n) is 18.5. The Morgan fingerprint density at radius 2 is 1.83 bits per heavy atom. The van der Waals surface area contributed by atoms with E-state index in [-0.39, 0.29) is 28.1 Å². The van der Waals surface area contributed by atoms with Crippen LogP contribution in [0.2, 0.25) is 0 Å². The normalized spacial score (nSPS) is 15.4.